The van der Waals surface area contributed by atoms with Gasteiger partial charge in [0, 0.05) is 25.4 Å². The Balaban J connectivity index is 1.63. The summed E-state index contributed by atoms with van der Waals surface area (Å²) in [6.45, 7) is 8.15. The Kier molecular flexibility index (Phi) is 5.67. The van der Waals surface area contributed by atoms with Crippen LogP contribution in [0.25, 0.3) is 0 Å². The van der Waals surface area contributed by atoms with Gasteiger partial charge in [-0.05, 0) is 50.8 Å². The van der Waals surface area contributed by atoms with E-state index >= 15 is 0 Å². The van der Waals surface area contributed by atoms with E-state index in [1.165, 1.54) is 23.2 Å². The molecule has 0 spiro atoms. The van der Waals surface area contributed by atoms with Gasteiger partial charge in [-0.2, -0.15) is 0 Å². The van der Waals surface area contributed by atoms with E-state index in [1.807, 2.05) is 0 Å². The lowest BCUT2D eigenvalue weighted by molar-refractivity contribution is 0.0760. The molecule has 2 N–H and O–H groups in total. The maximum Gasteiger partial charge on any atom is 0.0518 e. The molecular weight excluding hydrogens is 236 g/mol. The Morgan fingerprint density at radius 3 is 3.05 bits per heavy atom. The minimum Gasteiger partial charge on any atom is -0.384 e. The number of unbranched alkanes of at least 4 members (excludes halogenated alkanes) is 1. The topological polar surface area (TPSA) is 33.3 Å². The van der Waals surface area contributed by atoms with Crippen LogP contribution in [0.1, 0.15) is 37.8 Å². The number of para-hydroxylation sites is 1. The van der Waals surface area contributed by atoms with Crippen molar-refractivity contribution < 1.29 is 4.74 Å². The fourth-order valence-corrected chi connectivity index (χ4v) is 2.45. The summed E-state index contributed by atoms with van der Waals surface area (Å²) in [6.07, 6.45) is 3.83. The zero-order valence-corrected chi connectivity index (χ0v) is 12.2. The third kappa shape index (κ3) is 4.51. The van der Waals surface area contributed by atoms with Gasteiger partial charge >= 0.3 is 0 Å². The van der Waals surface area contributed by atoms with Gasteiger partial charge in [-0.25, -0.2) is 0 Å². The number of rotatable bonds is 8. The van der Waals surface area contributed by atoms with Crippen LogP contribution in [0.4, 0.5) is 5.69 Å². The van der Waals surface area contributed by atoms with Crippen molar-refractivity contribution in [3.8, 4) is 0 Å². The Morgan fingerprint density at radius 2 is 2.21 bits per heavy atom. The van der Waals surface area contributed by atoms with Crippen LogP contribution in [-0.4, -0.2) is 25.8 Å². The normalized spacial score (nSPS) is 13.6. The van der Waals surface area contributed by atoms with E-state index in [0.717, 1.165) is 39.1 Å². The Hall–Kier alpha value is -1.06. The molecule has 0 aromatic heterocycles. The molecule has 0 saturated heterocycles. The number of fused-ring (bicyclic) bond motifs is 1. The smallest absolute Gasteiger partial charge is 0.0518 e. The highest BCUT2D eigenvalue weighted by atomic mass is 16.5. The van der Waals surface area contributed by atoms with Gasteiger partial charge in [-0.3, -0.25) is 0 Å². The molecule has 3 nitrogen and oxygen atoms in total. The highest BCUT2D eigenvalue weighted by Gasteiger charge is 2.12. The van der Waals surface area contributed by atoms with Gasteiger partial charge in [0.2, 0.25) is 0 Å². The van der Waals surface area contributed by atoms with Gasteiger partial charge in [0.25, 0.3) is 0 Å². The predicted molar refractivity (Wildman–Crippen MR) is 80.7 cm³/mol. The number of hydrogen-bond donors (Lipinski definition) is 2. The molecule has 0 saturated carbocycles. The molecule has 1 aromatic carbocycles. The number of ether oxygens (including phenoxy) is 1. The Morgan fingerprint density at radius 1 is 1.32 bits per heavy atom. The minimum atomic E-state index is 0.353. The van der Waals surface area contributed by atoms with Gasteiger partial charge in [0.1, 0.15) is 0 Å². The number of benzene rings is 1. The molecule has 1 aromatic rings. The monoisotopic (exact) mass is 262 g/mol. The first-order chi connectivity index (χ1) is 9.27. The number of hydrogen-bond acceptors (Lipinski definition) is 3. The van der Waals surface area contributed by atoms with Crippen LogP contribution >= 0.6 is 0 Å². The van der Waals surface area contributed by atoms with Crippen molar-refractivity contribution in [2.75, 3.05) is 25.0 Å². The second-order valence-electron chi connectivity index (χ2n) is 5.43. The summed E-state index contributed by atoms with van der Waals surface area (Å²) >= 11 is 0. The molecule has 0 aliphatic carbocycles. The first kappa shape index (κ1) is 14.4. The summed E-state index contributed by atoms with van der Waals surface area (Å²) in [4.78, 5) is 0. The largest absolute Gasteiger partial charge is 0.384 e. The lowest BCUT2D eigenvalue weighted by Gasteiger charge is -2.10. The third-order valence-corrected chi connectivity index (χ3v) is 3.45. The summed E-state index contributed by atoms with van der Waals surface area (Å²) in [6, 6.07) is 6.60. The predicted octanol–water partition coefficient (Wildman–Crippen LogP) is 2.95. The maximum atomic E-state index is 5.53. The van der Waals surface area contributed by atoms with Crippen molar-refractivity contribution in [2.24, 2.45) is 0 Å². The van der Waals surface area contributed by atoms with E-state index < -0.39 is 0 Å². The van der Waals surface area contributed by atoms with Crippen molar-refractivity contribution in [1.82, 2.24) is 5.32 Å². The molecule has 1 heterocycles. The van der Waals surface area contributed by atoms with Crippen molar-refractivity contribution >= 4 is 5.69 Å². The van der Waals surface area contributed by atoms with E-state index in [-0.39, 0.29) is 0 Å². The van der Waals surface area contributed by atoms with Crippen LogP contribution in [0.3, 0.4) is 0 Å². The van der Waals surface area contributed by atoms with Crippen LogP contribution in [0, 0.1) is 0 Å². The highest BCUT2D eigenvalue weighted by Crippen LogP contribution is 2.26. The first-order valence-corrected chi connectivity index (χ1v) is 7.44. The van der Waals surface area contributed by atoms with Crippen molar-refractivity contribution in [3.05, 3.63) is 29.3 Å². The zero-order valence-electron chi connectivity index (χ0n) is 12.2. The van der Waals surface area contributed by atoms with Crippen LogP contribution in [-0.2, 0) is 17.7 Å². The number of nitrogens with one attached hydrogen (secondary N) is 2. The maximum absolute atomic E-state index is 5.53. The van der Waals surface area contributed by atoms with Crippen LogP contribution < -0.4 is 10.6 Å². The molecule has 3 heteroatoms. The minimum absolute atomic E-state index is 0.353. The van der Waals surface area contributed by atoms with Crippen molar-refractivity contribution in [2.45, 2.75) is 45.8 Å². The molecule has 0 atom stereocenters. The van der Waals surface area contributed by atoms with Crippen LogP contribution in [0.2, 0.25) is 0 Å². The average Bonchev–Trinajstić information content (AvgIpc) is 2.86. The van der Waals surface area contributed by atoms with Gasteiger partial charge < -0.3 is 15.4 Å². The molecule has 0 bridgehead atoms. The van der Waals surface area contributed by atoms with Crippen molar-refractivity contribution in [3.63, 3.8) is 0 Å². The fraction of sp³-hybridized carbons (Fsp3) is 0.625. The summed E-state index contributed by atoms with van der Waals surface area (Å²) in [5.41, 5.74) is 4.22. The fourth-order valence-electron chi connectivity index (χ4n) is 2.45. The van der Waals surface area contributed by atoms with E-state index in [4.69, 9.17) is 4.74 Å². The van der Waals surface area contributed by atoms with E-state index in [9.17, 15) is 0 Å². The van der Waals surface area contributed by atoms with Crippen molar-refractivity contribution in [1.29, 1.82) is 0 Å². The molecule has 19 heavy (non-hydrogen) atoms. The summed E-state index contributed by atoms with van der Waals surface area (Å²) in [5, 5.41) is 7.01. The molecule has 0 radical (unpaired) electrons. The van der Waals surface area contributed by atoms with Crippen LogP contribution in [0.15, 0.2) is 18.2 Å². The van der Waals surface area contributed by atoms with Gasteiger partial charge in [0.05, 0.1) is 6.10 Å². The molecule has 0 unspecified atom stereocenters. The molecule has 106 valence electrons. The Bertz CT molecular complexity index is 390. The average molecular weight is 262 g/mol. The van der Waals surface area contributed by atoms with Gasteiger partial charge in [-0.1, -0.05) is 18.2 Å². The molecular formula is C16H26N2O. The highest BCUT2D eigenvalue weighted by molar-refractivity contribution is 5.61. The standard InChI is InChI=1S/C16H26N2O/c1-13(2)19-11-4-3-9-17-12-15-7-5-6-14-8-10-18-16(14)15/h5-7,13,17-18H,3-4,8-12H2,1-2H3. The lowest BCUT2D eigenvalue weighted by atomic mass is 10.1. The summed E-state index contributed by atoms with van der Waals surface area (Å²) in [7, 11) is 0. The van der Waals surface area contributed by atoms with E-state index in [1.54, 1.807) is 0 Å². The second-order valence-corrected chi connectivity index (χ2v) is 5.43. The molecule has 1 aliphatic heterocycles. The zero-order chi connectivity index (χ0) is 13.5. The second kappa shape index (κ2) is 7.51. The number of anilines is 1. The quantitative estimate of drug-likeness (QED) is 0.707. The van der Waals surface area contributed by atoms with E-state index in [0.29, 0.717) is 6.10 Å². The van der Waals surface area contributed by atoms with Gasteiger partial charge in [0.15, 0.2) is 0 Å². The van der Waals surface area contributed by atoms with Crippen LogP contribution in [0.5, 0.6) is 0 Å². The summed E-state index contributed by atoms with van der Waals surface area (Å²) in [5.74, 6) is 0. The molecule has 0 amide bonds. The molecule has 1 aliphatic rings. The first-order valence-electron chi connectivity index (χ1n) is 7.44. The molecule has 2 rings (SSSR count). The lowest BCUT2D eigenvalue weighted by Crippen LogP contribution is -2.16. The third-order valence-electron chi connectivity index (χ3n) is 3.45. The van der Waals surface area contributed by atoms with E-state index in [2.05, 4.69) is 42.7 Å². The SMILES string of the molecule is CC(C)OCCCCNCc1cccc2c1NCC2. The molecule has 0 fully saturated rings. The summed E-state index contributed by atoms with van der Waals surface area (Å²) < 4.78 is 5.53. The van der Waals surface area contributed by atoms with Gasteiger partial charge in [-0.15, -0.1) is 0 Å². The Labute approximate surface area is 116 Å².